The van der Waals surface area contributed by atoms with Gasteiger partial charge in [0.15, 0.2) is 9.84 Å². The average molecular weight is 175 g/mol. The third-order valence-corrected chi connectivity index (χ3v) is 4.31. The van der Waals surface area contributed by atoms with Crippen molar-refractivity contribution in [2.45, 2.75) is 31.3 Å². The Kier molecular flexibility index (Phi) is 1.68. The van der Waals surface area contributed by atoms with Crippen LogP contribution in [0, 0.1) is 0 Å². The molecule has 0 bridgehead atoms. The molecule has 3 nitrogen and oxygen atoms in total. The Labute approximate surface area is 67.1 Å². The second-order valence-corrected chi connectivity index (χ2v) is 5.72. The minimum atomic E-state index is -2.62. The van der Waals surface area contributed by atoms with E-state index in [9.17, 15) is 8.42 Å². The van der Waals surface area contributed by atoms with Crippen LogP contribution in [0.4, 0.5) is 0 Å². The molecule has 1 aliphatic carbocycles. The lowest BCUT2D eigenvalue weighted by molar-refractivity contribution is 0.312. The normalized spacial score (nSPS) is 30.9. The van der Waals surface area contributed by atoms with Crippen LogP contribution < -0.4 is 5.32 Å². The molecule has 0 spiro atoms. The van der Waals surface area contributed by atoms with E-state index in [4.69, 9.17) is 0 Å². The van der Waals surface area contributed by atoms with E-state index in [1.807, 2.05) is 0 Å². The molecule has 0 aromatic heterocycles. The van der Waals surface area contributed by atoms with Crippen molar-refractivity contribution in [2.75, 3.05) is 11.5 Å². The van der Waals surface area contributed by atoms with E-state index in [0.717, 1.165) is 0 Å². The van der Waals surface area contributed by atoms with E-state index in [-0.39, 0.29) is 6.04 Å². The molecular formula is C7H13NO2S. The highest BCUT2D eigenvalue weighted by Gasteiger charge is 2.35. The number of rotatable bonds is 2. The Hall–Kier alpha value is -0.0900. The minimum absolute atomic E-state index is 0.269. The highest BCUT2D eigenvalue weighted by atomic mass is 32.2. The van der Waals surface area contributed by atoms with Crippen molar-refractivity contribution in [1.29, 1.82) is 0 Å². The number of sulfone groups is 1. The van der Waals surface area contributed by atoms with Crippen LogP contribution in [0.1, 0.15) is 19.3 Å². The highest BCUT2D eigenvalue weighted by molar-refractivity contribution is 7.92. The molecule has 0 amide bonds. The first-order chi connectivity index (χ1) is 5.16. The maximum Gasteiger partial charge on any atom is 0.153 e. The molecule has 0 atom stereocenters. The zero-order valence-electron chi connectivity index (χ0n) is 6.41. The van der Waals surface area contributed by atoms with E-state index >= 15 is 0 Å². The third-order valence-electron chi connectivity index (χ3n) is 2.49. The van der Waals surface area contributed by atoms with Crippen LogP contribution in [-0.4, -0.2) is 32.0 Å². The summed E-state index contributed by atoms with van der Waals surface area (Å²) in [5.41, 5.74) is 0. The Morgan fingerprint density at radius 3 is 2.09 bits per heavy atom. The van der Waals surface area contributed by atoms with Gasteiger partial charge in [-0.05, 0) is 12.8 Å². The molecule has 0 aromatic carbocycles. The summed E-state index contributed by atoms with van der Waals surface area (Å²) in [4.78, 5) is 0. The van der Waals surface area contributed by atoms with Gasteiger partial charge in [-0.2, -0.15) is 0 Å². The van der Waals surface area contributed by atoms with Gasteiger partial charge >= 0.3 is 0 Å². The van der Waals surface area contributed by atoms with E-state index in [1.165, 1.54) is 19.3 Å². The summed E-state index contributed by atoms with van der Waals surface area (Å²) in [5.74, 6) is 0.729. The number of nitrogens with one attached hydrogen (secondary N) is 1. The summed E-state index contributed by atoms with van der Waals surface area (Å²) in [5, 5.41) is 3.33. The van der Waals surface area contributed by atoms with Crippen LogP contribution in [0.3, 0.4) is 0 Å². The second kappa shape index (κ2) is 2.45. The largest absolute Gasteiger partial charge is 0.309 e. The molecule has 2 rings (SSSR count). The summed E-state index contributed by atoms with van der Waals surface area (Å²) in [6.07, 6.45) is 3.77. The molecule has 4 heteroatoms. The molecule has 0 aromatic rings. The van der Waals surface area contributed by atoms with E-state index in [0.29, 0.717) is 17.5 Å². The van der Waals surface area contributed by atoms with E-state index in [1.54, 1.807) is 0 Å². The molecule has 0 unspecified atom stereocenters. The fourth-order valence-electron chi connectivity index (χ4n) is 1.57. The summed E-state index contributed by atoms with van der Waals surface area (Å²) in [6, 6.07) is 0.890. The van der Waals surface area contributed by atoms with Gasteiger partial charge in [0.05, 0.1) is 11.5 Å². The van der Waals surface area contributed by atoms with Crippen molar-refractivity contribution in [2.24, 2.45) is 0 Å². The van der Waals surface area contributed by atoms with Crippen LogP contribution in [0.5, 0.6) is 0 Å². The second-order valence-electron chi connectivity index (χ2n) is 3.57. The van der Waals surface area contributed by atoms with Gasteiger partial charge in [0.1, 0.15) is 0 Å². The van der Waals surface area contributed by atoms with Gasteiger partial charge in [0.25, 0.3) is 0 Å². The van der Waals surface area contributed by atoms with Gasteiger partial charge < -0.3 is 5.32 Å². The van der Waals surface area contributed by atoms with Gasteiger partial charge in [0, 0.05) is 12.1 Å². The molecule has 1 aliphatic heterocycles. The SMILES string of the molecule is O=S1(=O)CC(NC2CCC2)C1. The fourth-order valence-corrected chi connectivity index (χ4v) is 2.89. The van der Waals surface area contributed by atoms with Crippen molar-refractivity contribution in [3.05, 3.63) is 0 Å². The molecule has 2 aliphatic rings. The van der Waals surface area contributed by atoms with Crippen LogP contribution in [0.15, 0.2) is 0 Å². The van der Waals surface area contributed by atoms with E-state index < -0.39 is 9.84 Å². The van der Waals surface area contributed by atoms with Gasteiger partial charge in [-0.25, -0.2) is 8.42 Å². The highest BCUT2D eigenvalue weighted by Crippen LogP contribution is 2.21. The first-order valence-corrected chi connectivity index (χ1v) is 5.94. The third kappa shape index (κ3) is 1.56. The topological polar surface area (TPSA) is 46.2 Å². The van der Waals surface area contributed by atoms with Gasteiger partial charge in [0.2, 0.25) is 0 Å². The Balaban J connectivity index is 1.74. The summed E-state index contributed by atoms with van der Waals surface area (Å²) in [6.45, 7) is 0. The Morgan fingerprint density at radius 2 is 1.73 bits per heavy atom. The van der Waals surface area contributed by atoms with Crippen LogP contribution in [0.2, 0.25) is 0 Å². The lowest BCUT2D eigenvalue weighted by Gasteiger charge is -2.35. The predicted molar refractivity (Wildman–Crippen MR) is 43.2 cm³/mol. The molecule has 1 saturated heterocycles. The smallest absolute Gasteiger partial charge is 0.153 e. The molecular weight excluding hydrogens is 162 g/mol. The standard InChI is InChI=1S/C7H13NO2S/c9-11(10)4-7(5-11)8-6-2-1-3-6/h6-8H,1-5H2. The lowest BCUT2D eigenvalue weighted by Crippen LogP contribution is -2.55. The van der Waals surface area contributed by atoms with Crippen LogP contribution in [-0.2, 0) is 9.84 Å². The summed E-state index contributed by atoms with van der Waals surface area (Å²) < 4.78 is 21.5. The summed E-state index contributed by atoms with van der Waals surface area (Å²) in [7, 11) is -2.62. The zero-order chi connectivity index (χ0) is 7.90. The first-order valence-electron chi connectivity index (χ1n) is 4.12. The molecule has 1 heterocycles. The zero-order valence-corrected chi connectivity index (χ0v) is 7.23. The van der Waals surface area contributed by atoms with Crippen LogP contribution in [0.25, 0.3) is 0 Å². The maximum atomic E-state index is 10.7. The van der Waals surface area contributed by atoms with Crippen molar-refractivity contribution >= 4 is 9.84 Å². The van der Waals surface area contributed by atoms with Gasteiger partial charge in [-0.3, -0.25) is 0 Å². The lowest BCUT2D eigenvalue weighted by atomic mass is 9.92. The van der Waals surface area contributed by atoms with Crippen LogP contribution >= 0.6 is 0 Å². The van der Waals surface area contributed by atoms with Crippen molar-refractivity contribution in [1.82, 2.24) is 5.32 Å². The molecule has 1 saturated carbocycles. The average Bonchev–Trinajstić information content (AvgIpc) is 1.73. The molecule has 2 fully saturated rings. The Morgan fingerprint density at radius 1 is 1.09 bits per heavy atom. The summed E-state index contributed by atoms with van der Waals surface area (Å²) >= 11 is 0. The van der Waals surface area contributed by atoms with E-state index in [2.05, 4.69) is 5.32 Å². The molecule has 11 heavy (non-hydrogen) atoms. The fraction of sp³-hybridized carbons (Fsp3) is 1.00. The van der Waals surface area contributed by atoms with Gasteiger partial charge in [-0.15, -0.1) is 0 Å². The van der Waals surface area contributed by atoms with Gasteiger partial charge in [-0.1, -0.05) is 6.42 Å². The minimum Gasteiger partial charge on any atom is -0.309 e. The van der Waals surface area contributed by atoms with Crippen molar-refractivity contribution in [3.8, 4) is 0 Å². The van der Waals surface area contributed by atoms with Crippen molar-refractivity contribution in [3.63, 3.8) is 0 Å². The Bertz CT molecular complexity index is 231. The number of hydrogen-bond donors (Lipinski definition) is 1. The quantitative estimate of drug-likeness (QED) is 0.639. The molecule has 64 valence electrons. The predicted octanol–water partition coefficient (Wildman–Crippen LogP) is -0.0745. The maximum absolute atomic E-state index is 10.7. The monoisotopic (exact) mass is 175 g/mol. The molecule has 1 N–H and O–H groups in total. The first kappa shape index (κ1) is 7.55. The van der Waals surface area contributed by atoms with Crippen molar-refractivity contribution < 1.29 is 8.42 Å². The number of hydrogen-bond acceptors (Lipinski definition) is 3. The molecule has 0 radical (unpaired) electrons.